The van der Waals surface area contributed by atoms with Gasteiger partial charge in [-0.15, -0.1) is 0 Å². The first-order valence-electron chi connectivity index (χ1n) is 29.2. The molecule has 0 aliphatic carbocycles. The lowest BCUT2D eigenvalue weighted by Gasteiger charge is -2.39. The van der Waals surface area contributed by atoms with Gasteiger partial charge in [-0.3, -0.25) is 37.7 Å². The van der Waals surface area contributed by atoms with Gasteiger partial charge in [-0.05, 0) is 52.1 Å². The fraction of sp³-hybridized carbons (Fsp3) is 0.349. The number of H-pyrrole nitrogens is 2. The van der Waals surface area contributed by atoms with Gasteiger partial charge in [-0.1, -0.05) is 115 Å². The standard InChI is InChI=1S/C63H60F6N5O23P/c1-84-43-23-19-41(20-24-43)60(40-17-10-5-11-18-40,42-21-25-44(85-2)26-22-42)90-36-46-61(82,52(54(92-46)74-31-28-48(76)72-57(74)79)89-37-86-35-45(62(64,65)66)63(67,68)69)97-98(83,91-32-12-29-70)96-55(77)51-49(94-58(80)87-33-38-13-6-3-7-14-38)50(53(93-51)73-30-27-47(75)71-56(73)78)95-59(81)88-34-39-15-8-4-9-16-39/h3-11,13-28,30-31,45-46,49-55,77,82H,12,32-37H2,1-2H3,(H,71,75,78)(H,72,76,79)/t46-,49?,50?,51+,52?,53-,54-,55?,61?,98?/m0/s1. The van der Waals surface area contributed by atoms with Crippen LogP contribution in [-0.4, -0.2) is 137 Å². The van der Waals surface area contributed by atoms with Crippen LogP contribution in [0.5, 0.6) is 11.5 Å². The first-order chi connectivity index (χ1) is 46.8. The van der Waals surface area contributed by atoms with Crippen LogP contribution in [0.3, 0.4) is 0 Å². The summed E-state index contributed by atoms with van der Waals surface area (Å²) in [5.41, 5.74) is -4.89. The van der Waals surface area contributed by atoms with E-state index < -0.39 is 168 Å². The van der Waals surface area contributed by atoms with Crippen molar-refractivity contribution in [3.63, 3.8) is 0 Å². The number of phosphoric acid groups is 1. The summed E-state index contributed by atoms with van der Waals surface area (Å²) in [6, 6.07) is 39.8. The number of rotatable bonds is 29. The highest BCUT2D eigenvalue weighted by atomic mass is 31.2. The third-order valence-electron chi connectivity index (χ3n) is 15.0. The van der Waals surface area contributed by atoms with Gasteiger partial charge in [0.05, 0.1) is 46.5 Å². The molecule has 10 atom stereocenters. The van der Waals surface area contributed by atoms with E-state index in [0.717, 1.165) is 24.5 Å². The molecular weight excluding hydrogens is 1340 g/mol. The molecule has 0 amide bonds. The number of nitriles is 1. The minimum atomic E-state index is -6.23. The van der Waals surface area contributed by atoms with Crippen LogP contribution >= 0.6 is 7.82 Å². The number of carbonyl (C=O) groups excluding carboxylic acids is 2. The topological polar surface area (TPSA) is 354 Å². The van der Waals surface area contributed by atoms with Gasteiger partial charge in [-0.2, -0.15) is 31.6 Å². The summed E-state index contributed by atoms with van der Waals surface area (Å²) in [5.74, 6) is -7.25. The molecule has 9 rings (SSSR count). The summed E-state index contributed by atoms with van der Waals surface area (Å²) >= 11 is 0. The summed E-state index contributed by atoms with van der Waals surface area (Å²) in [6.45, 7) is -7.05. The van der Waals surface area contributed by atoms with Crippen molar-refractivity contribution in [1.82, 2.24) is 19.1 Å². The van der Waals surface area contributed by atoms with E-state index in [1.165, 1.54) is 14.2 Å². The van der Waals surface area contributed by atoms with E-state index in [-0.39, 0.29) is 0 Å². The molecule has 0 bridgehead atoms. The van der Waals surface area contributed by atoms with Gasteiger partial charge in [0.25, 0.3) is 11.1 Å². The Morgan fingerprint density at radius 3 is 1.63 bits per heavy atom. The third-order valence-corrected chi connectivity index (χ3v) is 16.5. The van der Waals surface area contributed by atoms with Crippen molar-refractivity contribution in [2.45, 2.75) is 92.6 Å². The Labute approximate surface area is 549 Å². The number of aromatic amines is 2. The number of aliphatic hydroxyl groups excluding tert-OH is 1. The number of carbonyl (C=O) groups is 2. The summed E-state index contributed by atoms with van der Waals surface area (Å²) in [6.07, 6.45) is -33.9. The zero-order valence-electron chi connectivity index (χ0n) is 51.3. The number of alkyl halides is 6. The predicted octanol–water partition coefficient (Wildman–Crippen LogP) is 7.53. The lowest BCUT2D eigenvalue weighted by Crippen LogP contribution is -2.54. The molecule has 2 aliphatic rings. The molecule has 522 valence electrons. The van der Waals surface area contributed by atoms with E-state index in [1.807, 2.05) is 9.97 Å². The fourth-order valence-electron chi connectivity index (χ4n) is 10.4. The molecule has 2 saturated heterocycles. The second-order valence-electron chi connectivity index (χ2n) is 21.3. The Morgan fingerprint density at radius 1 is 0.673 bits per heavy atom. The van der Waals surface area contributed by atoms with Crippen molar-refractivity contribution >= 4 is 20.1 Å². The molecule has 4 N–H and O–H groups in total. The molecule has 0 saturated carbocycles. The number of nitrogens with one attached hydrogen (secondary N) is 2. The van der Waals surface area contributed by atoms with E-state index in [4.69, 9.17) is 65.7 Å². The van der Waals surface area contributed by atoms with Crippen molar-refractivity contribution < 1.29 is 116 Å². The van der Waals surface area contributed by atoms with Crippen LogP contribution in [-0.2, 0) is 79.6 Å². The van der Waals surface area contributed by atoms with Crippen LogP contribution in [0.25, 0.3) is 0 Å². The quantitative estimate of drug-likeness (QED) is 0.00878. The van der Waals surface area contributed by atoms with Gasteiger partial charge in [0, 0.05) is 24.5 Å². The van der Waals surface area contributed by atoms with Crippen molar-refractivity contribution in [2.75, 3.05) is 40.8 Å². The maximum Gasteiger partial charge on any atom is 0.509 e. The highest BCUT2D eigenvalue weighted by Gasteiger charge is 2.65. The van der Waals surface area contributed by atoms with Gasteiger partial charge in [0.2, 0.25) is 5.79 Å². The number of nitrogens with zero attached hydrogens (tertiary/aromatic N) is 3. The zero-order valence-corrected chi connectivity index (χ0v) is 52.2. The second kappa shape index (κ2) is 31.8. The fourth-order valence-corrected chi connectivity index (χ4v) is 11.8. The summed E-state index contributed by atoms with van der Waals surface area (Å²) in [5, 5.41) is 35.8. The Bertz CT molecular complexity index is 4090. The predicted molar refractivity (Wildman–Crippen MR) is 320 cm³/mol. The number of methoxy groups -OCH3 is 2. The monoisotopic (exact) mass is 1400 g/mol. The Morgan fingerprint density at radius 2 is 1.15 bits per heavy atom. The number of halogens is 6. The molecular formula is C63H60F6N5O23P. The number of benzene rings is 5. The molecule has 2 aromatic heterocycles. The molecule has 35 heteroatoms. The maximum absolute atomic E-state index is 15.9. The molecule has 28 nitrogen and oxygen atoms in total. The van der Waals surface area contributed by atoms with Crippen LogP contribution in [0.2, 0.25) is 0 Å². The number of hydrogen-bond donors (Lipinski definition) is 4. The normalized spacial score (nSPS) is 21.1. The first-order valence-corrected chi connectivity index (χ1v) is 30.7. The van der Waals surface area contributed by atoms with E-state index in [0.29, 0.717) is 48.5 Å². The molecule has 4 heterocycles. The van der Waals surface area contributed by atoms with Crippen LogP contribution < -0.4 is 32.0 Å². The Balaban J connectivity index is 1.17. The van der Waals surface area contributed by atoms with Crippen molar-refractivity contribution in [2.24, 2.45) is 5.92 Å². The SMILES string of the molecule is COc1ccc(C(OC[C@@H]2O[C@H](n3ccc(=O)[nH]c3=O)C(OCOCC(C(F)(F)F)C(F)(F)F)C2(O)OP(=O)(OCCC#N)OC(O)[C@@H]2O[C@H](n3ccc(=O)[nH]c3=O)C(OC(=O)OCc3ccccc3)C2OC(=O)OCc2ccccc2)(c2ccccc2)c2ccc(OC)cc2)cc1. The molecule has 0 radical (unpaired) electrons. The zero-order chi connectivity index (χ0) is 70.4. The third kappa shape index (κ3) is 17.4. The minimum Gasteiger partial charge on any atom is -0.497 e. The van der Waals surface area contributed by atoms with Crippen LogP contribution in [0, 0.1) is 17.2 Å². The number of aromatic nitrogens is 4. The van der Waals surface area contributed by atoms with Gasteiger partial charge in [0.1, 0.15) is 43.2 Å². The smallest absolute Gasteiger partial charge is 0.497 e. The molecule has 7 aromatic rings. The maximum atomic E-state index is 15.9. The molecule has 5 aromatic carbocycles. The molecule has 0 spiro atoms. The number of aliphatic hydroxyl groups is 2. The van der Waals surface area contributed by atoms with Gasteiger partial charge >= 0.3 is 43.9 Å². The minimum absolute atomic E-state index is 0.291. The van der Waals surface area contributed by atoms with E-state index in [2.05, 4.69) is 0 Å². The molecule has 2 aliphatic heterocycles. The Hall–Kier alpha value is -9.50. The summed E-state index contributed by atoms with van der Waals surface area (Å²) in [4.78, 5) is 83.9. The van der Waals surface area contributed by atoms with Crippen LogP contribution in [0.1, 0.15) is 46.7 Å². The Kier molecular flexibility index (Phi) is 23.6. The number of phosphoric ester groups is 1. The highest BCUT2D eigenvalue weighted by Crippen LogP contribution is 2.59. The summed E-state index contributed by atoms with van der Waals surface area (Å²) < 4.78 is 181. The van der Waals surface area contributed by atoms with E-state index >= 15 is 4.57 Å². The largest absolute Gasteiger partial charge is 0.509 e. The molecule has 2 fully saturated rings. The second-order valence-corrected chi connectivity index (χ2v) is 22.9. The first kappa shape index (κ1) is 72.8. The number of hydrogen-bond acceptors (Lipinski definition) is 24. The van der Waals surface area contributed by atoms with Crippen LogP contribution in [0.15, 0.2) is 183 Å². The lowest BCUT2D eigenvalue weighted by atomic mass is 9.80. The van der Waals surface area contributed by atoms with Gasteiger partial charge < -0.3 is 62.3 Å². The van der Waals surface area contributed by atoms with E-state index in [1.54, 1.807) is 146 Å². The average molecular weight is 1400 g/mol. The van der Waals surface area contributed by atoms with Gasteiger partial charge in [0.15, 0.2) is 49.1 Å². The molecule has 6 unspecified atom stereocenters. The van der Waals surface area contributed by atoms with Crippen molar-refractivity contribution in [1.29, 1.82) is 5.26 Å². The van der Waals surface area contributed by atoms with Crippen LogP contribution in [0.4, 0.5) is 35.9 Å². The summed E-state index contributed by atoms with van der Waals surface area (Å²) in [7, 11) is -3.44. The highest BCUT2D eigenvalue weighted by molar-refractivity contribution is 7.48. The van der Waals surface area contributed by atoms with E-state index in [9.17, 15) is 70.6 Å². The lowest BCUT2D eigenvalue weighted by molar-refractivity contribution is -0.304. The molecule has 98 heavy (non-hydrogen) atoms. The average Bonchev–Trinajstić information content (AvgIpc) is 1.25. The van der Waals surface area contributed by atoms with Crippen molar-refractivity contribution in [3.8, 4) is 17.6 Å². The van der Waals surface area contributed by atoms with Crippen molar-refractivity contribution in [3.05, 3.63) is 234 Å². The number of ether oxygens (including phenoxy) is 11. The van der Waals surface area contributed by atoms with Gasteiger partial charge in [-0.25, -0.2) is 28.3 Å².